The third-order valence-electron chi connectivity index (χ3n) is 2.91. The standard InChI is InChI=1S/C13H18N2O/c1-11(16)14-12-7-3-4-8-13(12)15-9-5-2-6-10-15/h3-4,7-8H,2,5-6,9-10H2,1H3,(H,14,16). The molecule has 1 aromatic rings. The fourth-order valence-corrected chi connectivity index (χ4v) is 2.18. The zero-order valence-corrected chi connectivity index (χ0v) is 9.70. The summed E-state index contributed by atoms with van der Waals surface area (Å²) in [5.41, 5.74) is 2.08. The molecule has 3 heteroatoms. The van der Waals surface area contributed by atoms with Gasteiger partial charge in [-0.2, -0.15) is 0 Å². The molecule has 1 aromatic carbocycles. The zero-order valence-electron chi connectivity index (χ0n) is 9.70. The van der Waals surface area contributed by atoms with Crippen molar-refractivity contribution in [3.63, 3.8) is 0 Å². The lowest BCUT2D eigenvalue weighted by Gasteiger charge is -2.30. The molecule has 1 N–H and O–H groups in total. The van der Waals surface area contributed by atoms with Gasteiger partial charge < -0.3 is 10.2 Å². The third kappa shape index (κ3) is 2.54. The van der Waals surface area contributed by atoms with E-state index in [2.05, 4.69) is 16.3 Å². The molecule has 86 valence electrons. The van der Waals surface area contributed by atoms with Crippen LogP contribution in [-0.2, 0) is 4.79 Å². The first-order chi connectivity index (χ1) is 7.77. The molecule has 16 heavy (non-hydrogen) atoms. The summed E-state index contributed by atoms with van der Waals surface area (Å²) in [6.07, 6.45) is 3.81. The molecule has 2 rings (SSSR count). The van der Waals surface area contributed by atoms with Crippen molar-refractivity contribution in [2.75, 3.05) is 23.3 Å². The number of hydrogen-bond acceptors (Lipinski definition) is 2. The maximum atomic E-state index is 11.1. The maximum absolute atomic E-state index is 11.1. The largest absolute Gasteiger partial charge is 0.370 e. The summed E-state index contributed by atoms with van der Waals surface area (Å²) in [6, 6.07) is 8.02. The second kappa shape index (κ2) is 5.01. The average molecular weight is 218 g/mol. The van der Waals surface area contributed by atoms with Gasteiger partial charge in [-0.3, -0.25) is 4.79 Å². The Balaban J connectivity index is 2.20. The number of hydrogen-bond donors (Lipinski definition) is 1. The number of anilines is 2. The van der Waals surface area contributed by atoms with Crippen LogP contribution in [0, 0.1) is 0 Å². The van der Waals surface area contributed by atoms with Gasteiger partial charge in [-0.1, -0.05) is 12.1 Å². The number of nitrogens with zero attached hydrogens (tertiary/aromatic N) is 1. The summed E-state index contributed by atoms with van der Waals surface area (Å²) in [4.78, 5) is 13.5. The van der Waals surface area contributed by atoms with Crippen molar-refractivity contribution in [3.05, 3.63) is 24.3 Å². The van der Waals surface area contributed by atoms with Crippen molar-refractivity contribution in [2.45, 2.75) is 26.2 Å². The van der Waals surface area contributed by atoms with Crippen LogP contribution in [0.25, 0.3) is 0 Å². The summed E-state index contributed by atoms with van der Waals surface area (Å²) in [5, 5.41) is 2.89. The topological polar surface area (TPSA) is 32.3 Å². The molecule has 0 aromatic heterocycles. The zero-order chi connectivity index (χ0) is 11.4. The smallest absolute Gasteiger partial charge is 0.221 e. The average Bonchev–Trinajstić information content (AvgIpc) is 2.30. The van der Waals surface area contributed by atoms with E-state index in [9.17, 15) is 4.79 Å². The van der Waals surface area contributed by atoms with Crippen molar-refractivity contribution in [1.82, 2.24) is 0 Å². The number of carbonyl (C=O) groups excluding carboxylic acids is 1. The highest BCUT2D eigenvalue weighted by Gasteiger charge is 2.14. The molecule has 0 unspecified atom stereocenters. The van der Waals surface area contributed by atoms with Crippen LogP contribution in [0.3, 0.4) is 0 Å². The highest BCUT2D eigenvalue weighted by Crippen LogP contribution is 2.27. The van der Waals surface area contributed by atoms with E-state index in [1.54, 1.807) is 6.92 Å². The van der Waals surface area contributed by atoms with Crippen LogP contribution in [0.15, 0.2) is 24.3 Å². The fourth-order valence-electron chi connectivity index (χ4n) is 2.18. The number of nitrogens with one attached hydrogen (secondary N) is 1. The first-order valence-electron chi connectivity index (χ1n) is 5.89. The van der Waals surface area contributed by atoms with Gasteiger partial charge >= 0.3 is 0 Å². The Morgan fingerprint density at radius 1 is 1.19 bits per heavy atom. The van der Waals surface area contributed by atoms with Gasteiger partial charge in [-0.15, -0.1) is 0 Å². The van der Waals surface area contributed by atoms with Crippen molar-refractivity contribution in [1.29, 1.82) is 0 Å². The number of rotatable bonds is 2. The Morgan fingerprint density at radius 3 is 2.56 bits per heavy atom. The SMILES string of the molecule is CC(=O)Nc1ccccc1N1CCCCC1. The number of para-hydroxylation sites is 2. The van der Waals surface area contributed by atoms with Crippen LogP contribution >= 0.6 is 0 Å². The summed E-state index contributed by atoms with van der Waals surface area (Å²) >= 11 is 0. The van der Waals surface area contributed by atoms with E-state index in [-0.39, 0.29) is 5.91 Å². The summed E-state index contributed by atoms with van der Waals surface area (Å²) in [6.45, 7) is 3.74. The minimum atomic E-state index is -0.00976. The Hall–Kier alpha value is -1.51. The lowest BCUT2D eigenvalue weighted by Crippen LogP contribution is -2.30. The first-order valence-corrected chi connectivity index (χ1v) is 5.89. The molecular formula is C13H18N2O. The van der Waals surface area contributed by atoms with Crippen LogP contribution in [-0.4, -0.2) is 19.0 Å². The van der Waals surface area contributed by atoms with E-state index >= 15 is 0 Å². The van der Waals surface area contributed by atoms with E-state index in [0.717, 1.165) is 24.5 Å². The van der Waals surface area contributed by atoms with Gasteiger partial charge in [0.05, 0.1) is 11.4 Å². The molecule has 1 saturated heterocycles. The molecule has 3 nitrogen and oxygen atoms in total. The van der Waals surface area contributed by atoms with Crippen LogP contribution in [0.4, 0.5) is 11.4 Å². The normalized spacial score (nSPS) is 15.9. The molecule has 0 aliphatic carbocycles. The monoisotopic (exact) mass is 218 g/mol. The third-order valence-corrected chi connectivity index (χ3v) is 2.91. The highest BCUT2D eigenvalue weighted by molar-refractivity contribution is 5.92. The van der Waals surface area contributed by atoms with Gasteiger partial charge in [-0.05, 0) is 31.4 Å². The predicted molar refractivity (Wildman–Crippen MR) is 66.8 cm³/mol. The van der Waals surface area contributed by atoms with E-state index in [1.165, 1.54) is 19.3 Å². The maximum Gasteiger partial charge on any atom is 0.221 e. The summed E-state index contributed by atoms with van der Waals surface area (Å²) in [5.74, 6) is -0.00976. The van der Waals surface area contributed by atoms with Gasteiger partial charge in [0.1, 0.15) is 0 Å². The van der Waals surface area contributed by atoms with Gasteiger partial charge in [0, 0.05) is 20.0 Å². The predicted octanol–water partition coefficient (Wildman–Crippen LogP) is 2.64. The van der Waals surface area contributed by atoms with Gasteiger partial charge in [0.15, 0.2) is 0 Å². The van der Waals surface area contributed by atoms with Gasteiger partial charge in [0.2, 0.25) is 5.91 Å². The Bertz CT molecular complexity index is 370. The molecular weight excluding hydrogens is 200 g/mol. The van der Waals surface area contributed by atoms with Crippen molar-refractivity contribution < 1.29 is 4.79 Å². The molecule has 1 aliphatic rings. The van der Waals surface area contributed by atoms with Crippen molar-refractivity contribution >= 4 is 17.3 Å². The minimum absolute atomic E-state index is 0.00976. The minimum Gasteiger partial charge on any atom is -0.370 e. The fraction of sp³-hybridized carbons (Fsp3) is 0.462. The number of benzene rings is 1. The molecule has 0 atom stereocenters. The van der Waals surface area contributed by atoms with Crippen LogP contribution in [0.2, 0.25) is 0 Å². The van der Waals surface area contributed by atoms with Gasteiger partial charge in [-0.25, -0.2) is 0 Å². The summed E-state index contributed by atoms with van der Waals surface area (Å²) < 4.78 is 0. The number of carbonyl (C=O) groups is 1. The van der Waals surface area contributed by atoms with Crippen LogP contribution < -0.4 is 10.2 Å². The van der Waals surface area contributed by atoms with Crippen molar-refractivity contribution in [3.8, 4) is 0 Å². The molecule has 1 fully saturated rings. The van der Waals surface area contributed by atoms with Crippen LogP contribution in [0.1, 0.15) is 26.2 Å². The first kappa shape index (κ1) is 11.0. The Kier molecular flexibility index (Phi) is 3.44. The van der Waals surface area contributed by atoms with Crippen molar-refractivity contribution in [2.24, 2.45) is 0 Å². The van der Waals surface area contributed by atoms with E-state index in [0.29, 0.717) is 0 Å². The molecule has 0 spiro atoms. The van der Waals surface area contributed by atoms with Crippen LogP contribution in [0.5, 0.6) is 0 Å². The second-order valence-corrected chi connectivity index (χ2v) is 4.25. The van der Waals surface area contributed by atoms with E-state index in [1.807, 2.05) is 18.2 Å². The molecule has 0 bridgehead atoms. The van der Waals surface area contributed by atoms with E-state index in [4.69, 9.17) is 0 Å². The molecule has 1 heterocycles. The second-order valence-electron chi connectivity index (χ2n) is 4.25. The number of piperidine rings is 1. The highest BCUT2D eigenvalue weighted by atomic mass is 16.1. The molecule has 1 aliphatic heterocycles. The quantitative estimate of drug-likeness (QED) is 0.827. The summed E-state index contributed by atoms with van der Waals surface area (Å²) in [7, 11) is 0. The van der Waals surface area contributed by atoms with E-state index < -0.39 is 0 Å². The molecule has 1 amide bonds. The molecule has 0 saturated carbocycles. The number of amides is 1. The lowest BCUT2D eigenvalue weighted by molar-refractivity contribution is -0.114. The molecule has 0 radical (unpaired) electrons. The van der Waals surface area contributed by atoms with Gasteiger partial charge in [0.25, 0.3) is 0 Å². The Labute approximate surface area is 96.5 Å². The lowest BCUT2D eigenvalue weighted by atomic mass is 10.1. The Morgan fingerprint density at radius 2 is 1.88 bits per heavy atom.